The maximum absolute atomic E-state index is 12.2. The van der Waals surface area contributed by atoms with Crippen molar-refractivity contribution in [3.8, 4) is 0 Å². The predicted octanol–water partition coefficient (Wildman–Crippen LogP) is 4.61. The molecule has 4 heteroatoms. The van der Waals surface area contributed by atoms with Crippen LogP contribution in [-0.4, -0.2) is 12.1 Å². The van der Waals surface area contributed by atoms with Gasteiger partial charge in [0.15, 0.2) is 0 Å². The van der Waals surface area contributed by atoms with Crippen LogP contribution in [0, 0.1) is 12.8 Å². The Hall–Kier alpha value is -1.94. The molecule has 1 fully saturated rings. The molecule has 126 valence electrons. The first-order chi connectivity index (χ1) is 11.4. The third kappa shape index (κ3) is 3.75. The first kappa shape index (κ1) is 16.9. The summed E-state index contributed by atoms with van der Waals surface area (Å²) in [6, 6.07) is 10.7. The van der Waals surface area contributed by atoms with Gasteiger partial charge in [-0.05, 0) is 52.8 Å². The first-order valence-electron chi connectivity index (χ1n) is 8.33. The summed E-state index contributed by atoms with van der Waals surface area (Å²) in [5, 5.41) is 6.12. The molecule has 3 rings (SSSR count). The molecule has 2 aromatic rings. The highest BCUT2D eigenvalue weighted by Crippen LogP contribution is 2.47. The number of nitrogens with zero attached hydrogens (tertiary/aromatic N) is 1. The average molecular weight is 340 g/mol. The molecule has 0 aliphatic heterocycles. The lowest BCUT2D eigenvalue weighted by Crippen LogP contribution is -2.20. The van der Waals surface area contributed by atoms with Crippen molar-refractivity contribution in [1.82, 2.24) is 5.43 Å². The minimum atomic E-state index is 0.0188. The molecule has 1 aromatic carbocycles. The van der Waals surface area contributed by atoms with Crippen molar-refractivity contribution in [2.24, 2.45) is 11.0 Å². The van der Waals surface area contributed by atoms with E-state index in [1.54, 1.807) is 17.6 Å². The number of hydrogen-bond donors (Lipinski definition) is 1. The van der Waals surface area contributed by atoms with Crippen LogP contribution in [0.1, 0.15) is 54.7 Å². The van der Waals surface area contributed by atoms with Gasteiger partial charge in [-0.2, -0.15) is 5.10 Å². The van der Waals surface area contributed by atoms with E-state index in [9.17, 15) is 4.79 Å². The van der Waals surface area contributed by atoms with E-state index < -0.39 is 0 Å². The van der Waals surface area contributed by atoms with E-state index in [4.69, 9.17) is 0 Å². The highest BCUT2D eigenvalue weighted by Gasteiger charge is 2.43. The summed E-state index contributed by atoms with van der Waals surface area (Å²) < 4.78 is 0. The molecule has 3 nitrogen and oxygen atoms in total. The van der Waals surface area contributed by atoms with Gasteiger partial charge < -0.3 is 0 Å². The van der Waals surface area contributed by atoms with E-state index in [-0.39, 0.29) is 17.2 Å². The van der Waals surface area contributed by atoms with Crippen molar-refractivity contribution in [2.75, 3.05) is 0 Å². The molecule has 1 saturated carbocycles. The number of hydrazone groups is 1. The number of benzene rings is 1. The second kappa shape index (κ2) is 6.52. The Morgan fingerprint density at radius 3 is 2.54 bits per heavy atom. The number of carbonyl (C=O) groups excluding carboxylic acids is 1. The number of rotatable bonds is 4. The Kier molecular flexibility index (Phi) is 4.59. The maximum atomic E-state index is 12.2. The molecule has 1 amide bonds. The van der Waals surface area contributed by atoms with Gasteiger partial charge in [-0.25, -0.2) is 5.43 Å². The van der Waals surface area contributed by atoms with E-state index in [2.05, 4.69) is 55.6 Å². The second-order valence-corrected chi connectivity index (χ2v) is 8.47. The normalized spacial score (nSPS) is 20.3. The average Bonchev–Trinajstić information content (AvgIpc) is 3.24. The van der Waals surface area contributed by atoms with Crippen molar-refractivity contribution in [2.45, 2.75) is 45.4 Å². The number of amides is 1. The van der Waals surface area contributed by atoms with Gasteiger partial charge in [0.25, 0.3) is 0 Å². The molecule has 1 heterocycles. The molecule has 0 radical (unpaired) electrons. The van der Waals surface area contributed by atoms with Gasteiger partial charge in [0.1, 0.15) is 0 Å². The van der Waals surface area contributed by atoms with E-state index in [0.717, 1.165) is 11.3 Å². The third-order valence-electron chi connectivity index (χ3n) is 4.59. The zero-order chi connectivity index (χ0) is 17.3. The van der Waals surface area contributed by atoms with Crippen LogP contribution in [0.15, 0.2) is 40.8 Å². The van der Waals surface area contributed by atoms with Gasteiger partial charge in [0.2, 0.25) is 5.91 Å². The SMILES string of the molecule is Cc1ccsc1/C=N\NC(=O)[C@H]1C[C@@H]1c1ccc(C(C)(C)C)cc1. The third-order valence-corrected chi connectivity index (χ3v) is 5.54. The minimum absolute atomic E-state index is 0.0188. The highest BCUT2D eigenvalue weighted by atomic mass is 32.1. The molecular formula is C20H24N2OS. The van der Waals surface area contributed by atoms with Crippen LogP contribution in [0.25, 0.3) is 0 Å². The summed E-state index contributed by atoms with van der Waals surface area (Å²) >= 11 is 1.63. The summed E-state index contributed by atoms with van der Waals surface area (Å²) in [7, 11) is 0. The zero-order valence-electron chi connectivity index (χ0n) is 14.7. The van der Waals surface area contributed by atoms with Crippen LogP contribution in [-0.2, 0) is 10.2 Å². The van der Waals surface area contributed by atoms with Crippen molar-refractivity contribution < 1.29 is 4.79 Å². The number of thiophene rings is 1. The summed E-state index contributed by atoms with van der Waals surface area (Å²) in [6.45, 7) is 8.67. The molecule has 0 saturated heterocycles. The molecule has 2 atom stereocenters. The Balaban J connectivity index is 1.56. The number of hydrogen-bond acceptors (Lipinski definition) is 3. The Bertz CT molecular complexity index is 753. The predicted molar refractivity (Wildman–Crippen MR) is 101 cm³/mol. The Morgan fingerprint density at radius 2 is 1.96 bits per heavy atom. The molecular weight excluding hydrogens is 316 g/mol. The Morgan fingerprint density at radius 1 is 1.25 bits per heavy atom. The molecule has 1 aromatic heterocycles. The standard InChI is InChI=1S/C20H24N2OS/c1-13-9-10-24-18(13)12-21-22-19(23)17-11-16(17)14-5-7-15(8-6-14)20(2,3)4/h5-10,12,16-17H,11H2,1-4H3,(H,22,23)/b21-12-/t16-,17+/m1/s1. The Labute approximate surface area is 147 Å². The van der Waals surface area contributed by atoms with Crippen molar-refractivity contribution in [3.05, 3.63) is 57.3 Å². The van der Waals surface area contributed by atoms with Crippen LogP contribution in [0.2, 0.25) is 0 Å². The van der Waals surface area contributed by atoms with E-state index in [0.29, 0.717) is 5.92 Å². The zero-order valence-corrected chi connectivity index (χ0v) is 15.5. The van der Waals surface area contributed by atoms with Crippen LogP contribution >= 0.6 is 11.3 Å². The molecule has 0 unspecified atom stereocenters. The maximum Gasteiger partial charge on any atom is 0.243 e. The van der Waals surface area contributed by atoms with Crippen LogP contribution < -0.4 is 5.43 Å². The number of aryl methyl sites for hydroxylation is 1. The van der Waals surface area contributed by atoms with Gasteiger partial charge in [0, 0.05) is 10.8 Å². The van der Waals surface area contributed by atoms with E-state index >= 15 is 0 Å². The van der Waals surface area contributed by atoms with Crippen LogP contribution in [0.3, 0.4) is 0 Å². The van der Waals surface area contributed by atoms with Gasteiger partial charge in [0.05, 0.1) is 6.21 Å². The van der Waals surface area contributed by atoms with Gasteiger partial charge >= 0.3 is 0 Å². The number of nitrogens with one attached hydrogen (secondary N) is 1. The fraction of sp³-hybridized carbons (Fsp3) is 0.400. The molecule has 0 spiro atoms. The fourth-order valence-corrected chi connectivity index (χ4v) is 3.62. The van der Waals surface area contributed by atoms with Crippen molar-refractivity contribution in [3.63, 3.8) is 0 Å². The first-order valence-corrected chi connectivity index (χ1v) is 9.21. The van der Waals surface area contributed by atoms with E-state index in [1.807, 2.05) is 18.4 Å². The van der Waals surface area contributed by atoms with Gasteiger partial charge in [-0.1, -0.05) is 45.0 Å². The molecule has 0 bridgehead atoms. The summed E-state index contributed by atoms with van der Waals surface area (Å²) in [4.78, 5) is 13.3. The monoisotopic (exact) mass is 340 g/mol. The molecule has 1 N–H and O–H groups in total. The largest absolute Gasteiger partial charge is 0.273 e. The van der Waals surface area contributed by atoms with Crippen molar-refractivity contribution >= 4 is 23.5 Å². The quantitative estimate of drug-likeness (QED) is 0.641. The van der Waals surface area contributed by atoms with Gasteiger partial charge in [-0.15, -0.1) is 11.3 Å². The topological polar surface area (TPSA) is 41.5 Å². The molecule has 24 heavy (non-hydrogen) atoms. The van der Waals surface area contributed by atoms with Crippen molar-refractivity contribution in [1.29, 1.82) is 0 Å². The fourth-order valence-electron chi connectivity index (χ4n) is 2.84. The second-order valence-electron chi connectivity index (χ2n) is 7.52. The lowest BCUT2D eigenvalue weighted by atomic mass is 9.86. The lowest BCUT2D eigenvalue weighted by molar-refractivity contribution is -0.122. The molecule has 1 aliphatic rings. The lowest BCUT2D eigenvalue weighted by Gasteiger charge is -2.19. The smallest absolute Gasteiger partial charge is 0.243 e. The van der Waals surface area contributed by atoms with Crippen LogP contribution in [0.5, 0.6) is 0 Å². The van der Waals surface area contributed by atoms with Gasteiger partial charge in [-0.3, -0.25) is 4.79 Å². The van der Waals surface area contributed by atoms with Crippen LogP contribution in [0.4, 0.5) is 0 Å². The molecule has 1 aliphatic carbocycles. The highest BCUT2D eigenvalue weighted by molar-refractivity contribution is 7.11. The number of carbonyl (C=O) groups is 1. The summed E-state index contributed by atoms with van der Waals surface area (Å²) in [6.07, 6.45) is 2.64. The summed E-state index contributed by atoms with van der Waals surface area (Å²) in [5.74, 6) is 0.398. The minimum Gasteiger partial charge on any atom is -0.273 e. The van der Waals surface area contributed by atoms with E-state index in [1.165, 1.54) is 16.7 Å². The summed E-state index contributed by atoms with van der Waals surface area (Å²) in [5.41, 5.74) is 6.60.